The monoisotopic (exact) mass is 424 g/mol. The lowest BCUT2D eigenvalue weighted by molar-refractivity contribution is -0.457. The van der Waals surface area contributed by atoms with Gasteiger partial charge in [0, 0.05) is 24.7 Å². The second kappa shape index (κ2) is 12.0. The summed E-state index contributed by atoms with van der Waals surface area (Å²) in [4.78, 5) is 21.6. The normalized spacial score (nSPS) is 29.1. The Bertz CT molecular complexity index is 431. The van der Waals surface area contributed by atoms with Gasteiger partial charge in [0.1, 0.15) is 0 Å². The number of unbranched alkanes of at least 4 members (excludes halogenated alkanes) is 2. The molecule has 3 N–H and O–H groups in total. The van der Waals surface area contributed by atoms with Crippen LogP contribution in [0, 0.1) is 11.8 Å². The molecule has 28 heavy (non-hydrogen) atoms. The molecule has 0 aliphatic carbocycles. The van der Waals surface area contributed by atoms with Gasteiger partial charge in [-0.15, -0.1) is 0 Å². The van der Waals surface area contributed by atoms with Crippen molar-refractivity contribution in [3.05, 3.63) is 0 Å². The molecule has 0 saturated carbocycles. The summed E-state index contributed by atoms with van der Waals surface area (Å²) in [5.41, 5.74) is 0. The van der Waals surface area contributed by atoms with Crippen LogP contribution in [0.4, 0.5) is 0 Å². The topological polar surface area (TPSA) is 105 Å². The van der Waals surface area contributed by atoms with Crippen LogP contribution >= 0.6 is 7.82 Å². The summed E-state index contributed by atoms with van der Waals surface area (Å²) in [6, 6.07) is 0. The molecular formula is C20H41O7P. The molecule has 4 atom stereocenters. The van der Waals surface area contributed by atoms with E-state index in [1.54, 1.807) is 0 Å². The number of rotatable bonds is 12. The average Bonchev–Trinajstić information content (AvgIpc) is 2.55. The minimum absolute atomic E-state index is 0.371. The Hall–Kier alpha value is -0.0100. The highest BCUT2D eigenvalue weighted by atomic mass is 31.2. The summed E-state index contributed by atoms with van der Waals surface area (Å²) in [5, 5.41) is 0. The highest BCUT2D eigenvalue weighted by Gasteiger charge is 2.56. The molecule has 2 rings (SSSR count). The van der Waals surface area contributed by atoms with Crippen molar-refractivity contribution in [3.8, 4) is 0 Å². The Kier molecular flexibility index (Phi) is 11.1. The molecule has 2 aliphatic heterocycles. The maximum absolute atomic E-state index is 8.88. The summed E-state index contributed by atoms with van der Waals surface area (Å²) >= 11 is 0. The van der Waals surface area contributed by atoms with Gasteiger partial charge in [0.25, 0.3) is 0 Å². The van der Waals surface area contributed by atoms with Gasteiger partial charge >= 0.3 is 7.82 Å². The SMILES string of the molecule is CCCCC(CC)C1(OC2(C(CC)CCCC)CCO2)CCO1.O=P(O)(O)O. The molecular weight excluding hydrogens is 383 g/mol. The lowest BCUT2D eigenvalue weighted by Crippen LogP contribution is -2.63. The van der Waals surface area contributed by atoms with Crippen LogP contribution < -0.4 is 0 Å². The van der Waals surface area contributed by atoms with Crippen LogP contribution in [-0.2, 0) is 18.8 Å². The zero-order valence-corrected chi connectivity index (χ0v) is 19.0. The first-order chi connectivity index (χ1) is 13.2. The molecule has 0 bridgehead atoms. The molecule has 0 aromatic carbocycles. The molecule has 0 amide bonds. The van der Waals surface area contributed by atoms with Crippen LogP contribution in [0.5, 0.6) is 0 Å². The molecule has 4 unspecified atom stereocenters. The maximum Gasteiger partial charge on any atom is 0.466 e. The van der Waals surface area contributed by atoms with E-state index in [9.17, 15) is 0 Å². The number of hydrogen-bond acceptors (Lipinski definition) is 4. The molecule has 0 radical (unpaired) electrons. The third-order valence-electron chi connectivity index (χ3n) is 5.98. The molecule has 0 spiro atoms. The van der Waals surface area contributed by atoms with Gasteiger partial charge in [0.05, 0.1) is 13.2 Å². The van der Waals surface area contributed by atoms with E-state index in [2.05, 4.69) is 27.7 Å². The number of hydrogen-bond donors (Lipinski definition) is 3. The van der Waals surface area contributed by atoms with Gasteiger partial charge in [-0.3, -0.25) is 0 Å². The van der Waals surface area contributed by atoms with E-state index in [0.717, 1.165) is 38.9 Å². The second-order valence-electron chi connectivity index (χ2n) is 7.93. The molecule has 2 heterocycles. The second-order valence-corrected chi connectivity index (χ2v) is 8.96. The number of ether oxygens (including phenoxy) is 3. The highest BCUT2D eigenvalue weighted by molar-refractivity contribution is 7.45. The quantitative estimate of drug-likeness (QED) is 0.389. The fourth-order valence-corrected chi connectivity index (χ4v) is 4.24. The van der Waals surface area contributed by atoms with Crippen LogP contribution in [0.25, 0.3) is 0 Å². The van der Waals surface area contributed by atoms with E-state index in [0.29, 0.717) is 11.8 Å². The Morgan fingerprint density at radius 3 is 1.36 bits per heavy atom. The van der Waals surface area contributed by atoms with Crippen molar-refractivity contribution in [3.63, 3.8) is 0 Å². The van der Waals surface area contributed by atoms with Gasteiger partial charge < -0.3 is 28.9 Å². The first-order valence-electron chi connectivity index (χ1n) is 10.9. The average molecular weight is 425 g/mol. The molecule has 7 nitrogen and oxygen atoms in total. The zero-order chi connectivity index (χ0) is 21.3. The predicted octanol–water partition coefficient (Wildman–Crippen LogP) is 4.74. The highest BCUT2D eigenvalue weighted by Crippen LogP contribution is 2.49. The first kappa shape index (κ1) is 26.0. The smallest absolute Gasteiger partial charge is 0.349 e. The Balaban J connectivity index is 0.000000696. The Morgan fingerprint density at radius 2 is 1.18 bits per heavy atom. The third-order valence-corrected chi connectivity index (χ3v) is 5.98. The van der Waals surface area contributed by atoms with E-state index < -0.39 is 7.82 Å². The zero-order valence-electron chi connectivity index (χ0n) is 18.1. The van der Waals surface area contributed by atoms with Crippen LogP contribution in [0.2, 0.25) is 0 Å². The summed E-state index contributed by atoms with van der Waals surface area (Å²) < 4.78 is 27.8. The maximum atomic E-state index is 8.88. The van der Waals surface area contributed by atoms with Crippen LogP contribution in [0.1, 0.15) is 91.9 Å². The third kappa shape index (κ3) is 7.67. The van der Waals surface area contributed by atoms with Crippen molar-refractivity contribution in [2.45, 2.75) is 103 Å². The van der Waals surface area contributed by atoms with Crippen LogP contribution in [-0.4, -0.2) is 39.5 Å². The van der Waals surface area contributed by atoms with E-state index in [1.165, 1.54) is 38.5 Å². The molecule has 2 fully saturated rings. The van der Waals surface area contributed by atoms with Gasteiger partial charge in [0.2, 0.25) is 0 Å². The summed E-state index contributed by atoms with van der Waals surface area (Å²) in [7, 11) is -4.64. The molecule has 0 aromatic rings. The van der Waals surface area contributed by atoms with Gasteiger partial charge in [-0.2, -0.15) is 0 Å². The molecule has 8 heteroatoms. The molecule has 0 aromatic heterocycles. The predicted molar refractivity (Wildman–Crippen MR) is 109 cm³/mol. The van der Waals surface area contributed by atoms with Crippen LogP contribution in [0.15, 0.2) is 0 Å². The van der Waals surface area contributed by atoms with Crippen molar-refractivity contribution in [1.29, 1.82) is 0 Å². The summed E-state index contributed by atoms with van der Waals surface area (Å²) in [5.74, 6) is 0.260. The minimum Gasteiger partial charge on any atom is -0.349 e. The van der Waals surface area contributed by atoms with Crippen molar-refractivity contribution in [2.75, 3.05) is 13.2 Å². The lowest BCUT2D eigenvalue weighted by Gasteiger charge is -2.56. The first-order valence-corrected chi connectivity index (χ1v) is 12.5. The van der Waals surface area contributed by atoms with E-state index >= 15 is 0 Å². The fourth-order valence-electron chi connectivity index (χ4n) is 4.24. The molecule has 168 valence electrons. The van der Waals surface area contributed by atoms with E-state index in [1.807, 2.05) is 0 Å². The van der Waals surface area contributed by atoms with Crippen LogP contribution in [0.3, 0.4) is 0 Å². The Morgan fingerprint density at radius 1 is 0.857 bits per heavy atom. The largest absolute Gasteiger partial charge is 0.466 e. The standard InChI is InChI=1S/C20H38O3.H3O4P/c1-5-9-11-17(7-3)19(13-15-21-19)23-20(14-16-22-20)18(8-4)12-10-6-2;1-5(2,3)4/h17-18H,5-16H2,1-4H3;(H3,1,2,3,4). The summed E-state index contributed by atoms with van der Waals surface area (Å²) in [6.07, 6.45) is 11.7. The van der Waals surface area contributed by atoms with E-state index in [4.69, 9.17) is 33.5 Å². The van der Waals surface area contributed by atoms with Gasteiger partial charge in [0.15, 0.2) is 11.6 Å². The minimum atomic E-state index is -4.64. The Labute approximate surface area is 170 Å². The van der Waals surface area contributed by atoms with Crippen molar-refractivity contribution < 1.29 is 33.5 Å². The van der Waals surface area contributed by atoms with Gasteiger partial charge in [-0.05, 0) is 25.7 Å². The number of phosphoric acid groups is 1. The van der Waals surface area contributed by atoms with E-state index in [-0.39, 0.29) is 11.6 Å². The summed E-state index contributed by atoms with van der Waals surface area (Å²) in [6.45, 7) is 10.7. The van der Waals surface area contributed by atoms with Crippen molar-refractivity contribution in [1.82, 2.24) is 0 Å². The van der Waals surface area contributed by atoms with Gasteiger partial charge in [-0.1, -0.05) is 53.4 Å². The fraction of sp³-hybridized carbons (Fsp3) is 1.00. The van der Waals surface area contributed by atoms with Crippen molar-refractivity contribution in [2.24, 2.45) is 11.8 Å². The lowest BCUT2D eigenvalue weighted by atomic mass is 9.82. The van der Waals surface area contributed by atoms with Crippen molar-refractivity contribution >= 4 is 7.82 Å². The molecule has 2 saturated heterocycles. The van der Waals surface area contributed by atoms with Gasteiger partial charge in [-0.25, -0.2) is 4.57 Å². The molecule has 2 aliphatic rings.